The summed E-state index contributed by atoms with van der Waals surface area (Å²) in [7, 11) is 0. The van der Waals surface area contributed by atoms with Crippen LogP contribution < -0.4 is 5.73 Å². The van der Waals surface area contributed by atoms with E-state index in [1.165, 1.54) is 18.2 Å². The molecule has 0 amide bonds. The summed E-state index contributed by atoms with van der Waals surface area (Å²) in [5.74, 6) is 0.342. The Labute approximate surface area is 104 Å². The summed E-state index contributed by atoms with van der Waals surface area (Å²) < 4.78 is 23.4. The number of rotatable bonds is 5. The maximum atomic E-state index is 13.1. The maximum Gasteiger partial charge on any atom is 0.260 e. The number of ether oxygens (including phenoxy) is 1. The van der Waals surface area contributed by atoms with E-state index in [1.807, 2.05) is 6.92 Å². The number of benzene rings is 1. The van der Waals surface area contributed by atoms with Crippen LogP contribution in [0.3, 0.4) is 0 Å². The van der Waals surface area contributed by atoms with Gasteiger partial charge in [-0.15, -0.1) is 0 Å². The predicted molar refractivity (Wildman–Crippen MR) is 64.3 cm³/mol. The van der Waals surface area contributed by atoms with E-state index in [0.29, 0.717) is 36.7 Å². The fourth-order valence-corrected chi connectivity index (χ4v) is 1.49. The molecule has 0 bridgehead atoms. The molecular formula is C12H14FN3O2. The van der Waals surface area contributed by atoms with Gasteiger partial charge in [-0.3, -0.25) is 0 Å². The zero-order chi connectivity index (χ0) is 13.0. The lowest BCUT2D eigenvalue weighted by atomic mass is 10.2. The molecule has 0 radical (unpaired) electrons. The molecule has 96 valence electrons. The molecule has 5 nitrogen and oxygen atoms in total. The summed E-state index contributed by atoms with van der Waals surface area (Å²) in [5.41, 5.74) is 6.54. The molecule has 1 aromatic heterocycles. The van der Waals surface area contributed by atoms with E-state index >= 15 is 0 Å². The Kier molecular flexibility index (Phi) is 3.88. The van der Waals surface area contributed by atoms with Crippen molar-refractivity contribution in [3.63, 3.8) is 0 Å². The fourth-order valence-electron chi connectivity index (χ4n) is 1.49. The average Bonchev–Trinajstić information content (AvgIpc) is 2.81. The number of nitrogens with zero attached hydrogens (tertiary/aromatic N) is 2. The average molecular weight is 251 g/mol. The van der Waals surface area contributed by atoms with Crippen LogP contribution in [0.15, 0.2) is 22.7 Å². The summed E-state index contributed by atoms with van der Waals surface area (Å²) in [6, 6.07) is 4.02. The van der Waals surface area contributed by atoms with Crippen molar-refractivity contribution in [3.8, 4) is 11.5 Å². The number of hydrogen-bond donors (Lipinski definition) is 1. The topological polar surface area (TPSA) is 74.2 Å². The van der Waals surface area contributed by atoms with Gasteiger partial charge in [0.05, 0.1) is 12.2 Å². The molecule has 0 saturated carbocycles. The van der Waals surface area contributed by atoms with Crippen molar-refractivity contribution in [2.75, 3.05) is 18.9 Å². The highest BCUT2D eigenvalue weighted by atomic mass is 19.1. The van der Waals surface area contributed by atoms with Gasteiger partial charge in [-0.25, -0.2) is 4.39 Å². The number of halogens is 1. The van der Waals surface area contributed by atoms with Crippen LogP contribution in [-0.4, -0.2) is 23.4 Å². The Morgan fingerprint density at radius 1 is 1.44 bits per heavy atom. The fraction of sp³-hybridized carbons (Fsp3) is 0.333. The van der Waals surface area contributed by atoms with Gasteiger partial charge in [-0.2, -0.15) is 4.98 Å². The summed E-state index contributed by atoms with van der Waals surface area (Å²) in [5, 5.41) is 3.79. The molecular weight excluding hydrogens is 237 g/mol. The summed E-state index contributed by atoms with van der Waals surface area (Å²) in [6.07, 6.45) is 0.548. The highest BCUT2D eigenvalue weighted by molar-refractivity contribution is 5.70. The number of hydrogen-bond acceptors (Lipinski definition) is 5. The number of nitrogen functional groups attached to an aromatic ring is 1. The Morgan fingerprint density at radius 2 is 2.28 bits per heavy atom. The third-order valence-corrected chi connectivity index (χ3v) is 2.39. The normalized spacial score (nSPS) is 10.8. The third kappa shape index (κ3) is 2.84. The lowest BCUT2D eigenvalue weighted by Crippen LogP contribution is -1.99. The van der Waals surface area contributed by atoms with Gasteiger partial charge >= 0.3 is 0 Å². The molecule has 2 N–H and O–H groups in total. The first kappa shape index (κ1) is 12.5. The monoisotopic (exact) mass is 251 g/mol. The largest absolute Gasteiger partial charge is 0.398 e. The minimum absolute atomic E-state index is 0.221. The number of nitrogens with two attached hydrogens (primary N) is 1. The molecule has 1 aromatic carbocycles. The van der Waals surface area contributed by atoms with Gasteiger partial charge < -0.3 is 15.0 Å². The first-order valence-electron chi connectivity index (χ1n) is 5.66. The quantitative estimate of drug-likeness (QED) is 0.650. The highest BCUT2D eigenvalue weighted by Gasteiger charge is 2.12. The van der Waals surface area contributed by atoms with E-state index < -0.39 is 5.82 Å². The number of aromatic nitrogens is 2. The van der Waals surface area contributed by atoms with Crippen molar-refractivity contribution in [2.24, 2.45) is 0 Å². The predicted octanol–water partition coefficient (Wildman–Crippen LogP) is 2.04. The molecule has 0 aliphatic heterocycles. The second-order valence-corrected chi connectivity index (χ2v) is 3.69. The minimum atomic E-state index is -0.395. The van der Waals surface area contributed by atoms with E-state index in [1.54, 1.807) is 0 Å². The third-order valence-electron chi connectivity index (χ3n) is 2.39. The first-order valence-corrected chi connectivity index (χ1v) is 5.66. The molecule has 0 aliphatic carbocycles. The van der Waals surface area contributed by atoms with Crippen LogP contribution in [0.25, 0.3) is 11.5 Å². The SMILES string of the molecule is CCOCCc1noc(-c2cc(F)ccc2N)n1. The number of anilines is 1. The lowest BCUT2D eigenvalue weighted by Gasteiger charge is -1.99. The molecule has 0 spiro atoms. The highest BCUT2D eigenvalue weighted by Crippen LogP contribution is 2.24. The molecule has 18 heavy (non-hydrogen) atoms. The van der Waals surface area contributed by atoms with Gasteiger partial charge in [0.15, 0.2) is 5.82 Å². The Hall–Kier alpha value is -1.95. The molecule has 0 saturated heterocycles. The van der Waals surface area contributed by atoms with Crippen molar-refractivity contribution in [3.05, 3.63) is 29.8 Å². The Balaban J connectivity index is 2.16. The molecule has 1 heterocycles. The van der Waals surface area contributed by atoms with E-state index in [9.17, 15) is 4.39 Å². The summed E-state index contributed by atoms with van der Waals surface area (Å²) >= 11 is 0. The molecule has 6 heteroatoms. The van der Waals surface area contributed by atoms with E-state index in [0.717, 1.165) is 0 Å². The zero-order valence-electron chi connectivity index (χ0n) is 10.0. The van der Waals surface area contributed by atoms with Gasteiger partial charge in [0.25, 0.3) is 5.89 Å². The van der Waals surface area contributed by atoms with E-state index in [4.69, 9.17) is 15.0 Å². The van der Waals surface area contributed by atoms with Crippen LogP contribution in [0.5, 0.6) is 0 Å². The molecule has 2 rings (SSSR count). The van der Waals surface area contributed by atoms with Crippen LogP contribution in [0.2, 0.25) is 0 Å². The molecule has 0 aliphatic rings. The van der Waals surface area contributed by atoms with Crippen molar-refractivity contribution in [2.45, 2.75) is 13.3 Å². The zero-order valence-corrected chi connectivity index (χ0v) is 10.0. The standard InChI is InChI=1S/C12H14FN3O2/c1-2-17-6-5-11-15-12(18-16-11)9-7-8(13)3-4-10(9)14/h3-4,7H,2,5-6,14H2,1H3. The molecule has 0 fully saturated rings. The van der Waals surface area contributed by atoms with Crippen molar-refractivity contribution >= 4 is 5.69 Å². The molecule has 0 atom stereocenters. The maximum absolute atomic E-state index is 13.1. The van der Waals surface area contributed by atoms with E-state index in [2.05, 4.69) is 10.1 Å². The second kappa shape index (κ2) is 5.59. The van der Waals surface area contributed by atoms with Crippen molar-refractivity contribution < 1.29 is 13.7 Å². The second-order valence-electron chi connectivity index (χ2n) is 3.69. The van der Waals surface area contributed by atoms with E-state index in [-0.39, 0.29) is 5.89 Å². The summed E-state index contributed by atoms with van der Waals surface area (Å²) in [6.45, 7) is 3.07. The van der Waals surface area contributed by atoms with Gasteiger partial charge in [0, 0.05) is 18.7 Å². The first-order chi connectivity index (χ1) is 8.70. The van der Waals surface area contributed by atoms with Crippen LogP contribution in [0, 0.1) is 5.82 Å². The summed E-state index contributed by atoms with van der Waals surface area (Å²) in [4.78, 5) is 4.15. The molecule has 2 aromatic rings. The van der Waals surface area contributed by atoms with Crippen LogP contribution in [0.1, 0.15) is 12.7 Å². The Morgan fingerprint density at radius 3 is 3.06 bits per heavy atom. The van der Waals surface area contributed by atoms with Crippen molar-refractivity contribution in [1.29, 1.82) is 0 Å². The van der Waals surface area contributed by atoms with Crippen LogP contribution in [0.4, 0.5) is 10.1 Å². The van der Waals surface area contributed by atoms with Crippen LogP contribution >= 0.6 is 0 Å². The molecule has 0 unspecified atom stereocenters. The minimum Gasteiger partial charge on any atom is -0.398 e. The van der Waals surface area contributed by atoms with Gasteiger partial charge in [-0.1, -0.05) is 5.16 Å². The van der Waals surface area contributed by atoms with Gasteiger partial charge in [0.1, 0.15) is 5.82 Å². The van der Waals surface area contributed by atoms with Crippen LogP contribution in [-0.2, 0) is 11.2 Å². The lowest BCUT2D eigenvalue weighted by molar-refractivity contribution is 0.149. The Bertz CT molecular complexity index is 528. The van der Waals surface area contributed by atoms with Gasteiger partial charge in [0.2, 0.25) is 0 Å². The van der Waals surface area contributed by atoms with Crippen molar-refractivity contribution in [1.82, 2.24) is 10.1 Å². The smallest absolute Gasteiger partial charge is 0.260 e. The van der Waals surface area contributed by atoms with Gasteiger partial charge in [-0.05, 0) is 25.1 Å².